The Morgan fingerprint density at radius 3 is 2.40 bits per heavy atom. The van der Waals surface area contributed by atoms with Gasteiger partial charge in [0.05, 0.1) is 5.69 Å². The highest BCUT2D eigenvalue weighted by Gasteiger charge is 1.91. The van der Waals surface area contributed by atoms with Crippen LogP contribution >= 0.6 is 11.5 Å². The van der Waals surface area contributed by atoms with Gasteiger partial charge in [0.15, 0.2) is 0 Å². The van der Waals surface area contributed by atoms with Gasteiger partial charge in [-0.25, -0.2) is 0 Å². The van der Waals surface area contributed by atoms with Crippen molar-refractivity contribution in [3.8, 4) is 0 Å². The van der Waals surface area contributed by atoms with E-state index in [2.05, 4.69) is 11.0 Å². The SMILES string of the molecule is C=Cc1nscc1C.CC. The van der Waals surface area contributed by atoms with Crippen molar-refractivity contribution in [3.63, 3.8) is 0 Å². The first-order chi connectivity index (χ1) is 4.84. The molecule has 0 radical (unpaired) electrons. The van der Waals surface area contributed by atoms with Crippen LogP contribution in [0.2, 0.25) is 0 Å². The van der Waals surface area contributed by atoms with Crippen LogP contribution in [0.3, 0.4) is 0 Å². The maximum atomic E-state index is 4.06. The third kappa shape index (κ3) is 2.31. The van der Waals surface area contributed by atoms with E-state index < -0.39 is 0 Å². The lowest BCUT2D eigenvalue weighted by molar-refractivity contribution is 1.41. The van der Waals surface area contributed by atoms with E-state index in [0.29, 0.717) is 0 Å². The number of nitrogens with zero attached hydrogens (tertiary/aromatic N) is 1. The van der Waals surface area contributed by atoms with Crippen molar-refractivity contribution in [1.29, 1.82) is 0 Å². The Morgan fingerprint density at radius 1 is 1.60 bits per heavy atom. The minimum absolute atomic E-state index is 1.01. The topological polar surface area (TPSA) is 12.9 Å². The van der Waals surface area contributed by atoms with Crippen molar-refractivity contribution >= 4 is 17.6 Å². The van der Waals surface area contributed by atoms with Gasteiger partial charge in [-0.3, -0.25) is 0 Å². The van der Waals surface area contributed by atoms with E-state index in [0.717, 1.165) is 5.69 Å². The largest absolute Gasteiger partial charge is 0.193 e. The molecule has 0 aromatic carbocycles. The van der Waals surface area contributed by atoms with Gasteiger partial charge in [-0.2, -0.15) is 4.37 Å². The van der Waals surface area contributed by atoms with Crippen LogP contribution in [-0.4, -0.2) is 4.37 Å². The molecule has 1 aromatic heterocycles. The predicted molar refractivity (Wildman–Crippen MR) is 48.3 cm³/mol. The minimum atomic E-state index is 1.01. The van der Waals surface area contributed by atoms with Crippen molar-refractivity contribution in [1.82, 2.24) is 4.37 Å². The number of rotatable bonds is 1. The summed E-state index contributed by atoms with van der Waals surface area (Å²) in [7, 11) is 0. The number of aromatic nitrogens is 1. The zero-order valence-electron chi connectivity index (χ0n) is 6.72. The van der Waals surface area contributed by atoms with Crippen LogP contribution in [0.4, 0.5) is 0 Å². The van der Waals surface area contributed by atoms with Crippen LogP contribution in [0.1, 0.15) is 25.1 Å². The molecule has 1 aromatic rings. The molecule has 1 heterocycles. The highest BCUT2D eigenvalue weighted by Crippen LogP contribution is 2.08. The minimum Gasteiger partial charge on any atom is -0.193 e. The Morgan fingerprint density at radius 2 is 2.20 bits per heavy atom. The van der Waals surface area contributed by atoms with Crippen LogP contribution in [-0.2, 0) is 0 Å². The molecule has 56 valence electrons. The van der Waals surface area contributed by atoms with Crippen LogP contribution < -0.4 is 0 Å². The molecule has 0 saturated carbocycles. The van der Waals surface area contributed by atoms with Gasteiger partial charge in [-0.05, 0) is 30.1 Å². The normalized spacial score (nSPS) is 7.90. The molecule has 0 amide bonds. The smallest absolute Gasteiger partial charge is 0.0791 e. The number of hydrogen-bond donors (Lipinski definition) is 0. The average molecular weight is 155 g/mol. The van der Waals surface area contributed by atoms with Gasteiger partial charge < -0.3 is 0 Å². The van der Waals surface area contributed by atoms with Crippen molar-refractivity contribution in [2.75, 3.05) is 0 Å². The van der Waals surface area contributed by atoms with Crippen molar-refractivity contribution in [3.05, 3.63) is 23.2 Å². The van der Waals surface area contributed by atoms with Crippen molar-refractivity contribution < 1.29 is 0 Å². The second-order valence-electron chi connectivity index (χ2n) is 1.59. The lowest BCUT2D eigenvalue weighted by Gasteiger charge is -1.80. The average Bonchev–Trinajstić information content (AvgIpc) is 2.39. The summed E-state index contributed by atoms with van der Waals surface area (Å²) in [5.74, 6) is 0. The van der Waals surface area contributed by atoms with E-state index in [-0.39, 0.29) is 0 Å². The summed E-state index contributed by atoms with van der Waals surface area (Å²) in [4.78, 5) is 0. The van der Waals surface area contributed by atoms with Gasteiger partial charge >= 0.3 is 0 Å². The fraction of sp³-hybridized carbons (Fsp3) is 0.375. The predicted octanol–water partition coefficient (Wildman–Crippen LogP) is 3.12. The van der Waals surface area contributed by atoms with Gasteiger partial charge in [0.25, 0.3) is 0 Å². The van der Waals surface area contributed by atoms with Crippen LogP contribution in [0, 0.1) is 6.92 Å². The summed E-state index contributed by atoms with van der Waals surface area (Å²) in [6, 6.07) is 0. The Balaban J connectivity index is 0.000000371. The first-order valence-corrected chi connectivity index (χ1v) is 4.21. The molecule has 2 heteroatoms. The third-order valence-electron chi connectivity index (χ3n) is 0.978. The molecule has 0 saturated heterocycles. The van der Waals surface area contributed by atoms with E-state index in [1.807, 2.05) is 26.2 Å². The summed E-state index contributed by atoms with van der Waals surface area (Å²) in [6.45, 7) is 9.64. The van der Waals surface area contributed by atoms with Gasteiger partial charge in [-0.15, -0.1) is 0 Å². The summed E-state index contributed by atoms with van der Waals surface area (Å²) < 4.78 is 4.06. The Labute approximate surface area is 66.6 Å². The standard InChI is InChI=1S/C6H7NS.C2H6/c1-3-6-5(2)4-8-7-6;1-2/h3-4H,1H2,2H3;1-2H3. The van der Waals surface area contributed by atoms with E-state index >= 15 is 0 Å². The maximum Gasteiger partial charge on any atom is 0.0791 e. The lowest BCUT2D eigenvalue weighted by Crippen LogP contribution is -1.69. The fourth-order valence-corrected chi connectivity index (χ4v) is 1.16. The van der Waals surface area contributed by atoms with E-state index in [1.54, 1.807) is 6.08 Å². The Kier molecular flexibility index (Phi) is 4.85. The molecule has 0 aliphatic rings. The van der Waals surface area contributed by atoms with E-state index in [9.17, 15) is 0 Å². The second kappa shape index (κ2) is 5.18. The van der Waals surface area contributed by atoms with Crippen molar-refractivity contribution in [2.45, 2.75) is 20.8 Å². The molecule has 0 N–H and O–H groups in total. The summed E-state index contributed by atoms with van der Waals surface area (Å²) in [5, 5.41) is 2.01. The Bertz CT molecular complexity index is 191. The van der Waals surface area contributed by atoms with Crippen LogP contribution in [0.15, 0.2) is 12.0 Å². The first-order valence-electron chi connectivity index (χ1n) is 3.38. The van der Waals surface area contributed by atoms with Crippen LogP contribution in [0.25, 0.3) is 6.08 Å². The fourth-order valence-electron chi connectivity index (χ4n) is 0.493. The summed E-state index contributed by atoms with van der Waals surface area (Å²) in [6.07, 6.45) is 1.77. The van der Waals surface area contributed by atoms with Gasteiger partial charge in [-0.1, -0.05) is 20.4 Å². The molecular formula is C8H13NS. The monoisotopic (exact) mass is 155 g/mol. The zero-order valence-corrected chi connectivity index (χ0v) is 7.53. The van der Waals surface area contributed by atoms with Gasteiger partial charge in [0, 0.05) is 5.38 Å². The van der Waals surface area contributed by atoms with Gasteiger partial charge in [0.1, 0.15) is 0 Å². The highest BCUT2D eigenvalue weighted by molar-refractivity contribution is 7.03. The molecule has 0 aliphatic carbocycles. The highest BCUT2D eigenvalue weighted by atomic mass is 32.1. The molecule has 0 spiro atoms. The van der Waals surface area contributed by atoms with Crippen molar-refractivity contribution in [2.24, 2.45) is 0 Å². The number of hydrogen-bond acceptors (Lipinski definition) is 2. The first kappa shape index (κ1) is 9.37. The molecule has 1 rings (SSSR count). The zero-order chi connectivity index (χ0) is 7.98. The molecule has 1 nitrogen and oxygen atoms in total. The maximum absolute atomic E-state index is 4.06. The van der Waals surface area contributed by atoms with Gasteiger partial charge in [0.2, 0.25) is 0 Å². The quantitative estimate of drug-likeness (QED) is 0.607. The van der Waals surface area contributed by atoms with Crippen LogP contribution in [0.5, 0.6) is 0 Å². The summed E-state index contributed by atoms with van der Waals surface area (Å²) >= 11 is 1.47. The molecule has 0 fully saturated rings. The molecule has 0 atom stereocenters. The number of aryl methyl sites for hydroxylation is 1. The molecule has 10 heavy (non-hydrogen) atoms. The lowest BCUT2D eigenvalue weighted by atomic mass is 10.3. The summed E-state index contributed by atoms with van der Waals surface area (Å²) in [5.41, 5.74) is 2.22. The van der Waals surface area contributed by atoms with E-state index in [4.69, 9.17) is 0 Å². The molecular weight excluding hydrogens is 142 g/mol. The Hall–Kier alpha value is -0.630. The third-order valence-corrected chi connectivity index (χ3v) is 1.74. The molecule has 0 aliphatic heterocycles. The second-order valence-corrected chi connectivity index (χ2v) is 2.22. The van der Waals surface area contributed by atoms with E-state index in [1.165, 1.54) is 17.1 Å². The molecule has 0 bridgehead atoms. The molecule has 0 unspecified atom stereocenters.